The van der Waals surface area contributed by atoms with Gasteiger partial charge < -0.3 is 14.6 Å². The second kappa shape index (κ2) is 7.26. The number of carbonyl (C=O) groups excluding carboxylic acids is 1. The van der Waals surface area contributed by atoms with Gasteiger partial charge in [-0.1, -0.05) is 29.8 Å². The minimum Gasteiger partial charge on any atom is -0.486 e. The van der Waals surface area contributed by atoms with E-state index in [1.165, 1.54) is 0 Å². The Balaban J connectivity index is 1.88. The first-order valence-corrected chi connectivity index (χ1v) is 10.7. The molecule has 0 aliphatic carbocycles. The van der Waals surface area contributed by atoms with Crippen LogP contribution in [-0.4, -0.2) is 16.6 Å². The maximum Gasteiger partial charge on any atom is 0.257 e. The predicted octanol–water partition coefficient (Wildman–Crippen LogP) is 4.68. The number of ether oxygens (including phenoxy) is 1. The van der Waals surface area contributed by atoms with E-state index in [4.69, 9.17) is 4.74 Å². The molecule has 0 radical (unpaired) electrons. The van der Waals surface area contributed by atoms with Crippen LogP contribution in [0, 0.1) is 27.7 Å². The van der Waals surface area contributed by atoms with Gasteiger partial charge in [0.1, 0.15) is 17.4 Å². The summed E-state index contributed by atoms with van der Waals surface area (Å²) in [7, 11) is 0. The smallest absolute Gasteiger partial charge is 0.257 e. The summed E-state index contributed by atoms with van der Waals surface area (Å²) in [6, 6.07) is 7.99. The Morgan fingerprint density at radius 2 is 1.71 bits per heavy atom. The number of hydrogen-bond acceptors (Lipinski definition) is 3. The Kier molecular flexibility index (Phi) is 4.95. The van der Waals surface area contributed by atoms with Crippen molar-refractivity contribution in [2.24, 2.45) is 0 Å². The number of amides is 1. The molecule has 0 bridgehead atoms. The molecule has 2 heterocycles. The summed E-state index contributed by atoms with van der Waals surface area (Å²) in [6.45, 7) is 14.5. The highest BCUT2D eigenvalue weighted by Crippen LogP contribution is 2.42. The van der Waals surface area contributed by atoms with Crippen LogP contribution in [0.2, 0.25) is 0 Å². The van der Waals surface area contributed by atoms with Crippen LogP contribution in [0.3, 0.4) is 0 Å². The van der Waals surface area contributed by atoms with Crippen molar-refractivity contribution in [3.8, 4) is 5.75 Å². The molecule has 3 aromatic rings. The quantitative estimate of drug-likeness (QED) is 0.672. The normalized spacial score (nSPS) is 16.8. The summed E-state index contributed by atoms with van der Waals surface area (Å²) in [5.41, 5.74) is 5.40. The first kappa shape index (κ1) is 21.2. The first-order valence-electron chi connectivity index (χ1n) is 10.7. The van der Waals surface area contributed by atoms with Crippen molar-refractivity contribution < 1.29 is 9.53 Å². The maximum atomic E-state index is 13.5. The Morgan fingerprint density at radius 1 is 1.06 bits per heavy atom. The van der Waals surface area contributed by atoms with Gasteiger partial charge in [0.15, 0.2) is 0 Å². The van der Waals surface area contributed by atoms with Gasteiger partial charge in [-0.2, -0.15) is 0 Å². The molecule has 0 saturated carbocycles. The molecule has 162 valence electrons. The summed E-state index contributed by atoms with van der Waals surface area (Å²) < 4.78 is 8.36. The predicted molar refractivity (Wildman–Crippen MR) is 124 cm³/mol. The molecule has 2 aromatic carbocycles. The van der Waals surface area contributed by atoms with Gasteiger partial charge in [0.2, 0.25) is 5.43 Å². The summed E-state index contributed by atoms with van der Waals surface area (Å²) in [4.78, 5) is 26.6. The average Bonchev–Trinajstić information content (AvgIpc) is 2.73. The molecule has 4 rings (SSSR count). The van der Waals surface area contributed by atoms with E-state index in [0.717, 1.165) is 39.1 Å². The molecule has 31 heavy (non-hydrogen) atoms. The Labute approximate surface area is 183 Å². The van der Waals surface area contributed by atoms with Crippen LogP contribution in [0.4, 0.5) is 0 Å². The van der Waals surface area contributed by atoms with E-state index in [1.807, 2.05) is 58.9 Å². The number of benzene rings is 2. The van der Waals surface area contributed by atoms with Crippen molar-refractivity contribution in [2.45, 2.75) is 66.7 Å². The zero-order valence-electron chi connectivity index (χ0n) is 19.3. The Bertz CT molecular complexity index is 1270. The number of pyridine rings is 1. The SMILES string of the molecule is Cc1ccc(CNC(=O)c2cn3c4c(c(C)c(C)c(C)c4c2=O)OC(C)C3(C)C)cc1. The van der Waals surface area contributed by atoms with Crippen LogP contribution in [0.5, 0.6) is 5.75 Å². The molecule has 1 atom stereocenters. The van der Waals surface area contributed by atoms with E-state index < -0.39 is 5.54 Å². The minimum absolute atomic E-state index is 0.116. The molecule has 0 saturated heterocycles. The standard InChI is InChI=1S/C26H30N2O3/c1-14-8-10-19(11-9-14)12-27-25(30)20-13-28-22-21(23(20)29)16(3)15(2)17(4)24(22)31-18(5)26(28,6)7/h8-11,13,18H,12H2,1-7H3,(H,27,30). The van der Waals surface area contributed by atoms with E-state index >= 15 is 0 Å². The second-order valence-electron chi connectivity index (χ2n) is 9.25. The lowest BCUT2D eigenvalue weighted by atomic mass is 9.90. The van der Waals surface area contributed by atoms with Gasteiger partial charge in [-0.05, 0) is 70.7 Å². The number of nitrogens with zero attached hydrogens (tertiary/aromatic N) is 1. The van der Waals surface area contributed by atoms with Gasteiger partial charge in [-0.15, -0.1) is 0 Å². The van der Waals surface area contributed by atoms with Crippen LogP contribution in [-0.2, 0) is 12.1 Å². The lowest BCUT2D eigenvalue weighted by Gasteiger charge is -2.41. The molecule has 1 aliphatic rings. The number of rotatable bonds is 3. The number of aromatic nitrogens is 1. The molecule has 1 aliphatic heterocycles. The van der Waals surface area contributed by atoms with Crippen LogP contribution in [0.25, 0.3) is 10.9 Å². The van der Waals surface area contributed by atoms with E-state index in [9.17, 15) is 9.59 Å². The number of hydrogen-bond donors (Lipinski definition) is 1. The van der Waals surface area contributed by atoms with Gasteiger partial charge in [0.25, 0.3) is 5.91 Å². The fourth-order valence-corrected chi connectivity index (χ4v) is 4.26. The number of aryl methyl sites for hydroxylation is 2. The van der Waals surface area contributed by atoms with Crippen LogP contribution in [0.15, 0.2) is 35.3 Å². The van der Waals surface area contributed by atoms with Crippen LogP contribution in [0.1, 0.15) is 58.9 Å². The molecule has 5 heteroatoms. The van der Waals surface area contributed by atoms with E-state index in [1.54, 1.807) is 6.20 Å². The lowest BCUT2D eigenvalue weighted by Crippen LogP contribution is -2.46. The van der Waals surface area contributed by atoms with E-state index in [2.05, 4.69) is 23.7 Å². The van der Waals surface area contributed by atoms with Gasteiger partial charge in [0, 0.05) is 12.7 Å². The summed E-state index contributed by atoms with van der Waals surface area (Å²) in [6.07, 6.45) is 1.60. The van der Waals surface area contributed by atoms with Crippen LogP contribution >= 0.6 is 0 Å². The zero-order valence-corrected chi connectivity index (χ0v) is 19.3. The zero-order chi connectivity index (χ0) is 22.7. The Hall–Kier alpha value is -3.08. The molecular formula is C26H30N2O3. The molecule has 0 fully saturated rings. The van der Waals surface area contributed by atoms with E-state index in [-0.39, 0.29) is 23.0 Å². The Morgan fingerprint density at radius 3 is 2.35 bits per heavy atom. The average molecular weight is 419 g/mol. The minimum atomic E-state index is -0.418. The molecule has 1 aromatic heterocycles. The lowest BCUT2D eigenvalue weighted by molar-refractivity contribution is 0.0827. The largest absolute Gasteiger partial charge is 0.486 e. The molecule has 0 spiro atoms. The fraction of sp³-hybridized carbons (Fsp3) is 0.385. The highest BCUT2D eigenvalue weighted by Gasteiger charge is 2.38. The fourth-order valence-electron chi connectivity index (χ4n) is 4.26. The highest BCUT2D eigenvalue weighted by molar-refractivity contribution is 6.00. The van der Waals surface area contributed by atoms with Crippen LogP contribution < -0.4 is 15.5 Å². The van der Waals surface area contributed by atoms with Gasteiger partial charge >= 0.3 is 0 Å². The number of nitrogens with one attached hydrogen (secondary N) is 1. The van der Waals surface area contributed by atoms with Gasteiger partial charge in [-0.25, -0.2) is 0 Å². The van der Waals surface area contributed by atoms with Crippen molar-refractivity contribution >= 4 is 16.8 Å². The molecule has 1 N–H and O–H groups in total. The third-order valence-corrected chi connectivity index (χ3v) is 6.99. The number of carbonyl (C=O) groups is 1. The van der Waals surface area contributed by atoms with E-state index in [0.29, 0.717) is 11.9 Å². The molecular weight excluding hydrogens is 388 g/mol. The first-order chi connectivity index (χ1) is 14.5. The van der Waals surface area contributed by atoms with Crippen molar-refractivity contribution in [3.63, 3.8) is 0 Å². The van der Waals surface area contributed by atoms with Gasteiger partial charge in [0.05, 0.1) is 16.4 Å². The summed E-state index contributed by atoms with van der Waals surface area (Å²) in [5.74, 6) is 0.388. The van der Waals surface area contributed by atoms with Crippen molar-refractivity contribution in [3.05, 3.63) is 74.1 Å². The maximum absolute atomic E-state index is 13.5. The monoisotopic (exact) mass is 418 g/mol. The third kappa shape index (κ3) is 3.23. The molecule has 5 nitrogen and oxygen atoms in total. The topological polar surface area (TPSA) is 60.3 Å². The highest BCUT2D eigenvalue weighted by atomic mass is 16.5. The van der Waals surface area contributed by atoms with Crippen molar-refractivity contribution in [1.82, 2.24) is 9.88 Å². The summed E-state index contributed by atoms with van der Waals surface area (Å²) >= 11 is 0. The van der Waals surface area contributed by atoms with Crippen molar-refractivity contribution in [1.29, 1.82) is 0 Å². The second-order valence-corrected chi connectivity index (χ2v) is 9.25. The summed E-state index contributed by atoms with van der Waals surface area (Å²) in [5, 5.41) is 3.50. The third-order valence-electron chi connectivity index (χ3n) is 6.99. The molecule has 1 amide bonds. The van der Waals surface area contributed by atoms with Gasteiger partial charge in [-0.3, -0.25) is 9.59 Å². The van der Waals surface area contributed by atoms with Crippen molar-refractivity contribution in [2.75, 3.05) is 0 Å². The molecule has 1 unspecified atom stereocenters.